The van der Waals surface area contributed by atoms with Crippen LogP contribution in [0.15, 0.2) is 18.2 Å². The first kappa shape index (κ1) is 18.5. The van der Waals surface area contributed by atoms with E-state index in [0.29, 0.717) is 17.9 Å². The molecule has 1 N–H and O–H groups in total. The second kappa shape index (κ2) is 8.80. The third kappa shape index (κ3) is 4.48. The number of carbonyl (C=O) groups excluding carboxylic acids is 1. The lowest BCUT2D eigenvalue weighted by Crippen LogP contribution is -2.53. The van der Waals surface area contributed by atoms with E-state index in [2.05, 4.69) is 5.32 Å². The minimum atomic E-state index is -0.407. The summed E-state index contributed by atoms with van der Waals surface area (Å²) < 4.78 is 24.0. The number of hydrogen-bond donors (Lipinski definition) is 1. The van der Waals surface area contributed by atoms with Crippen molar-refractivity contribution in [2.75, 3.05) is 26.7 Å². The first-order chi connectivity index (χ1) is 10.2. The van der Waals surface area contributed by atoms with Gasteiger partial charge in [0.15, 0.2) is 0 Å². The number of nitrogens with one attached hydrogen (secondary N) is 1. The number of carbonyl (C=O) groups is 1. The lowest BCUT2D eigenvalue weighted by molar-refractivity contribution is 0.0706. The van der Waals surface area contributed by atoms with Gasteiger partial charge in [-0.05, 0) is 24.6 Å². The highest BCUT2D eigenvalue weighted by molar-refractivity contribution is 5.85. The zero-order valence-corrected chi connectivity index (χ0v) is 13.6. The van der Waals surface area contributed by atoms with Crippen molar-refractivity contribution < 1.29 is 18.7 Å². The smallest absolute Gasteiger partial charge is 0.410 e. The lowest BCUT2D eigenvalue weighted by Gasteiger charge is -2.34. The summed E-state index contributed by atoms with van der Waals surface area (Å²) in [5.41, 5.74) is 0.311. The largest absolute Gasteiger partial charge is 0.497 e. The summed E-state index contributed by atoms with van der Waals surface area (Å²) in [6.45, 7) is 4.05. The van der Waals surface area contributed by atoms with Crippen molar-refractivity contribution in [1.82, 2.24) is 10.2 Å². The van der Waals surface area contributed by atoms with Gasteiger partial charge >= 0.3 is 6.09 Å². The van der Waals surface area contributed by atoms with Crippen molar-refractivity contribution in [3.05, 3.63) is 29.6 Å². The predicted molar refractivity (Wildman–Crippen MR) is 84.0 cm³/mol. The average molecular weight is 333 g/mol. The number of benzene rings is 1. The van der Waals surface area contributed by atoms with Gasteiger partial charge in [-0.1, -0.05) is 6.92 Å². The second-order valence-electron chi connectivity index (χ2n) is 4.97. The molecular weight excluding hydrogens is 311 g/mol. The van der Waals surface area contributed by atoms with Crippen LogP contribution >= 0.6 is 12.4 Å². The van der Waals surface area contributed by atoms with E-state index in [-0.39, 0.29) is 25.1 Å². The molecule has 1 unspecified atom stereocenters. The maximum atomic E-state index is 13.7. The monoisotopic (exact) mass is 332 g/mol. The van der Waals surface area contributed by atoms with Crippen molar-refractivity contribution in [2.24, 2.45) is 0 Å². The van der Waals surface area contributed by atoms with Gasteiger partial charge in [-0.3, -0.25) is 0 Å². The van der Waals surface area contributed by atoms with Crippen LogP contribution in [0.4, 0.5) is 9.18 Å². The number of halogens is 2. The van der Waals surface area contributed by atoms with Crippen LogP contribution in [-0.4, -0.2) is 43.8 Å². The molecule has 0 aromatic heterocycles. The number of methoxy groups -OCH3 is 1. The van der Waals surface area contributed by atoms with Gasteiger partial charge in [0.2, 0.25) is 0 Å². The summed E-state index contributed by atoms with van der Waals surface area (Å²) in [5.74, 6) is 0.131. The van der Waals surface area contributed by atoms with Crippen LogP contribution in [0, 0.1) is 5.82 Å². The van der Waals surface area contributed by atoms with Gasteiger partial charge in [-0.15, -0.1) is 12.4 Å². The fourth-order valence-corrected chi connectivity index (χ4v) is 2.38. The molecule has 1 aliphatic heterocycles. The molecule has 0 saturated carbocycles. The average Bonchev–Trinajstić information content (AvgIpc) is 2.53. The van der Waals surface area contributed by atoms with Crippen molar-refractivity contribution >= 4 is 18.5 Å². The number of amides is 1. The molecule has 0 aliphatic carbocycles. The van der Waals surface area contributed by atoms with E-state index in [4.69, 9.17) is 9.47 Å². The van der Waals surface area contributed by atoms with Crippen LogP contribution in [0.3, 0.4) is 0 Å². The maximum absolute atomic E-state index is 13.7. The van der Waals surface area contributed by atoms with E-state index in [9.17, 15) is 9.18 Å². The lowest BCUT2D eigenvalue weighted by atomic mass is 10.1. The highest BCUT2D eigenvalue weighted by Gasteiger charge is 2.26. The standard InChI is InChI=1S/C15H21FN2O3.ClH/c1-3-12-9-17-6-7-18(12)15(19)21-10-11-8-13(20-2)4-5-14(11)16;/h4-5,8,12,17H,3,6-7,9-10H2,1-2H3;1H. The number of ether oxygens (including phenoxy) is 2. The summed E-state index contributed by atoms with van der Waals surface area (Å²) in [7, 11) is 1.51. The first-order valence-electron chi connectivity index (χ1n) is 7.12. The van der Waals surface area contributed by atoms with E-state index in [1.807, 2.05) is 6.92 Å². The molecule has 124 valence electrons. The van der Waals surface area contributed by atoms with Crippen LogP contribution in [0.1, 0.15) is 18.9 Å². The van der Waals surface area contributed by atoms with Crippen LogP contribution < -0.4 is 10.1 Å². The zero-order valence-electron chi connectivity index (χ0n) is 12.8. The fourth-order valence-electron chi connectivity index (χ4n) is 2.38. The van der Waals surface area contributed by atoms with E-state index < -0.39 is 11.9 Å². The molecule has 0 radical (unpaired) electrons. The Labute approximate surface area is 136 Å². The Morgan fingerprint density at radius 1 is 1.50 bits per heavy atom. The Kier molecular flexibility index (Phi) is 7.41. The van der Waals surface area contributed by atoms with E-state index >= 15 is 0 Å². The third-order valence-corrected chi connectivity index (χ3v) is 3.66. The topological polar surface area (TPSA) is 50.8 Å². The number of piperazine rings is 1. The predicted octanol–water partition coefficient (Wildman–Crippen LogP) is 2.58. The van der Waals surface area contributed by atoms with Crippen LogP contribution in [-0.2, 0) is 11.3 Å². The fraction of sp³-hybridized carbons (Fsp3) is 0.533. The quantitative estimate of drug-likeness (QED) is 0.920. The Morgan fingerprint density at radius 3 is 2.95 bits per heavy atom. The van der Waals surface area contributed by atoms with Crippen molar-refractivity contribution in [3.8, 4) is 5.75 Å². The number of hydrogen-bond acceptors (Lipinski definition) is 4. The Bertz CT molecular complexity index is 502. The number of rotatable bonds is 4. The molecule has 5 nitrogen and oxygen atoms in total. The summed E-state index contributed by atoms with van der Waals surface area (Å²) in [5, 5.41) is 3.24. The molecule has 1 saturated heterocycles. The molecule has 1 fully saturated rings. The SMILES string of the molecule is CCC1CNCCN1C(=O)OCc1cc(OC)ccc1F.Cl. The van der Waals surface area contributed by atoms with E-state index in [1.54, 1.807) is 4.90 Å². The minimum absolute atomic E-state index is 0. The first-order valence-corrected chi connectivity index (χ1v) is 7.12. The molecule has 1 aromatic carbocycles. The zero-order chi connectivity index (χ0) is 15.2. The Hall–Kier alpha value is -1.53. The Balaban J connectivity index is 0.00000242. The minimum Gasteiger partial charge on any atom is -0.497 e. The highest BCUT2D eigenvalue weighted by atomic mass is 35.5. The molecule has 0 bridgehead atoms. The highest BCUT2D eigenvalue weighted by Crippen LogP contribution is 2.18. The molecular formula is C15H22ClFN2O3. The maximum Gasteiger partial charge on any atom is 0.410 e. The van der Waals surface area contributed by atoms with Crippen LogP contribution in [0.5, 0.6) is 5.75 Å². The summed E-state index contributed by atoms with van der Waals surface area (Å²) in [4.78, 5) is 13.8. The summed E-state index contributed by atoms with van der Waals surface area (Å²) >= 11 is 0. The van der Waals surface area contributed by atoms with Gasteiger partial charge in [0.05, 0.1) is 7.11 Å². The normalized spacial score (nSPS) is 17.6. The van der Waals surface area contributed by atoms with Crippen molar-refractivity contribution in [3.63, 3.8) is 0 Å². The molecule has 1 aromatic rings. The van der Waals surface area contributed by atoms with Gasteiger partial charge in [0.1, 0.15) is 18.2 Å². The van der Waals surface area contributed by atoms with Crippen LogP contribution in [0.25, 0.3) is 0 Å². The van der Waals surface area contributed by atoms with Gasteiger partial charge in [0, 0.05) is 31.2 Å². The van der Waals surface area contributed by atoms with Gasteiger partial charge in [-0.2, -0.15) is 0 Å². The Morgan fingerprint density at radius 2 is 2.27 bits per heavy atom. The van der Waals surface area contributed by atoms with Crippen molar-refractivity contribution in [2.45, 2.75) is 26.0 Å². The van der Waals surface area contributed by atoms with E-state index in [0.717, 1.165) is 19.5 Å². The molecule has 1 atom stereocenters. The van der Waals surface area contributed by atoms with Gasteiger partial charge in [0.25, 0.3) is 0 Å². The summed E-state index contributed by atoms with van der Waals surface area (Å²) in [6, 6.07) is 4.50. The summed E-state index contributed by atoms with van der Waals surface area (Å²) in [6.07, 6.45) is 0.459. The van der Waals surface area contributed by atoms with Gasteiger partial charge < -0.3 is 19.7 Å². The third-order valence-electron chi connectivity index (χ3n) is 3.66. The molecule has 22 heavy (non-hydrogen) atoms. The molecule has 7 heteroatoms. The van der Waals surface area contributed by atoms with Gasteiger partial charge in [-0.25, -0.2) is 9.18 Å². The van der Waals surface area contributed by atoms with Crippen LogP contribution in [0.2, 0.25) is 0 Å². The molecule has 1 amide bonds. The molecule has 1 aliphatic rings. The molecule has 0 spiro atoms. The molecule has 1 heterocycles. The second-order valence-corrected chi connectivity index (χ2v) is 4.97. The molecule has 2 rings (SSSR count). The number of nitrogens with zero attached hydrogens (tertiary/aromatic N) is 1. The van der Waals surface area contributed by atoms with Crippen molar-refractivity contribution in [1.29, 1.82) is 0 Å². The van der Waals surface area contributed by atoms with E-state index in [1.165, 1.54) is 25.3 Å².